The summed E-state index contributed by atoms with van der Waals surface area (Å²) in [7, 11) is 0.137. The van der Waals surface area contributed by atoms with Crippen molar-refractivity contribution in [3.8, 4) is 0 Å². The third kappa shape index (κ3) is 7.54. The standard InChI is InChI=1S/C6H12O5S.C6H15P.Au/c7-1-2-3(8)4(9)5(10)6(12)11-2;1-4-7(5-2)6-3;/h2-10,12H,1H2;4-6H2,1-3H3;/q;;+1. The van der Waals surface area contributed by atoms with E-state index in [1.807, 2.05) is 0 Å². The Morgan fingerprint density at radius 2 is 1.40 bits per heavy atom. The van der Waals surface area contributed by atoms with Crippen molar-refractivity contribution in [3.05, 3.63) is 0 Å². The van der Waals surface area contributed by atoms with E-state index in [-0.39, 0.29) is 30.3 Å². The third-order valence-corrected chi connectivity index (χ3v) is 6.74. The van der Waals surface area contributed by atoms with Crippen molar-refractivity contribution < 1.29 is 47.5 Å². The van der Waals surface area contributed by atoms with Crippen molar-refractivity contribution in [3.63, 3.8) is 0 Å². The Hall–Kier alpha value is 1.32. The summed E-state index contributed by atoms with van der Waals surface area (Å²) in [5, 5.41) is 36.1. The van der Waals surface area contributed by atoms with Crippen LogP contribution < -0.4 is 0 Å². The zero-order valence-corrected chi connectivity index (χ0v) is 16.1. The molecule has 0 spiro atoms. The molecule has 0 aromatic rings. The predicted octanol–water partition coefficient (Wildman–Crippen LogP) is -0.409. The van der Waals surface area contributed by atoms with E-state index >= 15 is 0 Å². The average Bonchev–Trinajstić information content (AvgIpc) is 2.43. The van der Waals surface area contributed by atoms with Gasteiger partial charge in [-0.25, -0.2) is 0 Å². The van der Waals surface area contributed by atoms with Crippen LogP contribution >= 0.6 is 7.92 Å². The minimum absolute atomic E-state index is 0. The molecule has 0 aromatic carbocycles. The van der Waals surface area contributed by atoms with Crippen LogP contribution in [0.25, 0.3) is 0 Å². The molecule has 20 heavy (non-hydrogen) atoms. The molecular weight excluding hydrogens is 484 g/mol. The second-order valence-electron chi connectivity index (χ2n) is 4.51. The number of aliphatic hydroxyl groups is 4. The van der Waals surface area contributed by atoms with Crippen LogP contribution in [0.3, 0.4) is 0 Å². The Labute approximate surface area is 143 Å². The Morgan fingerprint density at radius 1 is 0.950 bits per heavy atom. The molecular formula is C12H27AuO5PS+. The molecule has 0 bridgehead atoms. The molecule has 5 atom stereocenters. The topological polar surface area (TPSA) is 90.2 Å². The van der Waals surface area contributed by atoms with Gasteiger partial charge in [0.2, 0.25) is 0 Å². The normalized spacial score (nSPS) is 33.1. The maximum atomic E-state index is 9.18. The molecule has 0 radical (unpaired) electrons. The smallest absolute Gasteiger partial charge is 0.759 e. The van der Waals surface area contributed by atoms with E-state index in [2.05, 4.69) is 33.4 Å². The van der Waals surface area contributed by atoms with Crippen LogP contribution in [-0.2, 0) is 39.7 Å². The second kappa shape index (κ2) is 12.8. The Morgan fingerprint density at radius 3 is 1.70 bits per heavy atom. The van der Waals surface area contributed by atoms with Crippen molar-refractivity contribution >= 4 is 20.6 Å². The summed E-state index contributed by atoms with van der Waals surface area (Å²) in [5.41, 5.74) is -0.986. The number of ether oxygens (including phenoxy) is 1. The molecule has 1 aliphatic rings. The Bertz CT molecular complexity index is 226. The van der Waals surface area contributed by atoms with Crippen molar-refractivity contribution in [1.29, 1.82) is 0 Å². The fourth-order valence-electron chi connectivity index (χ4n) is 1.82. The van der Waals surface area contributed by atoms with Gasteiger partial charge in [0.05, 0.1) is 31.2 Å². The number of aliphatic hydroxyl groups excluding tert-OH is 4. The maximum Gasteiger partial charge on any atom is 1.00 e. The van der Waals surface area contributed by atoms with Gasteiger partial charge in [-0.3, -0.25) is 0 Å². The molecule has 4 N–H and O–H groups in total. The van der Waals surface area contributed by atoms with Crippen LogP contribution in [0.5, 0.6) is 0 Å². The van der Waals surface area contributed by atoms with Crippen molar-refractivity contribution in [2.75, 3.05) is 25.1 Å². The van der Waals surface area contributed by atoms with E-state index < -0.39 is 36.5 Å². The molecule has 1 rings (SSSR count). The zero-order chi connectivity index (χ0) is 15.0. The van der Waals surface area contributed by atoms with Crippen LogP contribution in [0.2, 0.25) is 0 Å². The summed E-state index contributed by atoms with van der Waals surface area (Å²) in [4.78, 5) is 0. The summed E-state index contributed by atoms with van der Waals surface area (Å²) < 4.78 is 4.84. The van der Waals surface area contributed by atoms with Crippen LogP contribution in [-0.4, -0.2) is 75.4 Å². The summed E-state index contributed by atoms with van der Waals surface area (Å²) in [6, 6.07) is 0. The van der Waals surface area contributed by atoms with Gasteiger partial charge < -0.3 is 37.8 Å². The molecule has 1 fully saturated rings. The molecule has 0 aliphatic carbocycles. The van der Waals surface area contributed by atoms with Gasteiger partial charge in [0.1, 0.15) is 18.3 Å². The molecule has 1 aliphatic heterocycles. The van der Waals surface area contributed by atoms with Crippen LogP contribution in [0.15, 0.2) is 0 Å². The molecule has 0 amide bonds. The van der Waals surface area contributed by atoms with Gasteiger partial charge in [-0.05, 0) is 34.1 Å². The first-order valence-corrected chi connectivity index (χ1v) is 9.31. The maximum absolute atomic E-state index is 9.18. The van der Waals surface area contributed by atoms with E-state index in [9.17, 15) is 5.11 Å². The largest absolute Gasteiger partial charge is 1.00 e. The molecule has 5 nitrogen and oxygen atoms in total. The van der Waals surface area contributed by atoms with Gasteiger partial charge in [-0.15, -0.1) is 0 Å². The van der Waals surface area contributed by atoms with Crippen LogP contribution in [0.4, 0.5) is 0 Å². The van der Waals surface area contributed by atoms with Crippen LogP contribution in [0.1, 0.15) is 20.8 Å². The molecule has 1 heterocycles. The SMILES string of the molecule is CC[PH+](CC)CC.OCC1OC([S-])C(O)C(O)C1O.[Au+]. The fraction of sp³-hybridized carbons (Fsp3) is 1.00. The first kappa shape index (κ1) is 23.6. The van der Waals surface area contributed by atoms with E-state index in [0.717, 1.165) is 0 Å². The summed E-state index contributed by atoms with van der Waals surface area (Å²) in [5.74, 6) is 0. The Balaban J connectivity index is 0. The summed E-state index contributed by atoms with van der Waals surface area (Å²) >= 11 is 4.63. The minimum Gasteiger partial charge on any atom is -0.759 e. The molecule has 0 aromatic heterocycles. The zero-order valence-electron chi connectivity index (χ0n) is 12.1. The number of hydrogen-bond donors (Lipinski definition) is 4. The monoisotopic (exact) mass is 511 g/mol. The van der Waals surface area contributed by atoms with E-state index in [0.29, 0.717) is 0 Å². The van der Waals surface area contributed by atoms with Crippen molar-refractivity contribution in [2.24, 2.45) is 0 Å². The predicted molar refractivity (Wildman–Crippen MR) is 81.1 cm³/mol. The first-order chi connectivity index (χ1) is 8.92. The molecule has 8 heteroatoms. The average molecular weight is 511 g/mol. The Kier molecular flexibility index (Phi) is 15.1. The first-order valence-electron chi connectivity index (χ1n) is 6.72. The van der Waals surface area contributed by atoms with Gasteiger partial charge in [0, 0.05) is 0 Å². The van der Waals surface area contributed by atoms with Gasteiger partial charge in [-0.2, -0.15) is 0 Å². The van der Waals surface area contributed by atoms with E-state index in [1.165, 1.54) is 18.5 Å². The van der Waals surface area contributed by atoms with Gasteiger partial charge in [0.25, 0.3) is 0 Å². The number of rotatable bonds is 4. The third-order valence-electron chi connectivity index (χ3n) is 3.35. The quantitative estimate of drug-likeness (QED) is 0.233. The summed E-state index contributed by atoms with van der Waals surface area (Å²) in [6.45, 7) is 6.49. The van der Waals surface area contributed by atoms with Gasteiger partial charge in [0.15, 0.2) is 0 Å². The van der Waals surface area contributed by atoms with E-state index in [1.54, 1.807) is 0 Å². The minimum atomic E-state index is -1.35. The molecule has 126 valence electrons. The van der Waals surface area contributed by atoms with Crippen LogP contribution in [0, 0.1) is 0 Å². The van der Waals surface area contributed by atoms with Gasteiger partial charge in [-0.1, -0.05) is 0 Å². The summed E-state index contributed by atoms with van der Waals surface area (Å²) in [6.07, 6.45) is -0.459. The second-order valence-corrected chi connectivity index (χ2v) is 8.59. The fourth-order valence-corrected chi connectivity index (χ4v) is 3.62. The van der Waals surface area contributed by atoms with E-state index in [4.69, 9.17) is 20.1 Å². The van der Waals surface area contributed by atoms with Gasteiger partial charge >= 0.3 is 22.4 Å². The van der Waals surface area contributed by atoms with Crippen molar-refractivity contribution in [2.45, 2.75) is 50.6 Å². The molecule has 5 unspecified atom stereocenters. The molecule has 1 saturated heterocycles. The van der Waals surface area contributed by atoms with Crippen molar-refractivity contribution in [1.82, 2.24) is 0 Å². The molecule has 0 saturated carbocycles. The number of hydrogen-bond acceptors (Lipinski definition) is 6.